The molecule has 2 unspecified atom stereocenters. The van der Waals surface area contributed by atoms with Gasteiger partial charge in [-0.1, -0.05) is 51.2 Å². The summed E-state index contributed by atoms with van der Waals surface area (Å²) in [5, 5.41) is 0. The summed E-state index contributed by atoms with van der Waals surface area (Å²) >= 11 is 0. The Morgan fingerprint density at radius 1 is 1.16 bits per heavy atom. The Kier molecular flexibility index (Phi) is 8.26. The molecule has 1 heterocycles. The molecular weight excluding hydrogens is 314 g/mol. The molecule has 1 aliphatic rings. The highest BCUT2D eigenvalue weighted by atomic mass is 16.5. The number of methoxy groups -OCH3 is 1. The van der Waals surface area contributed by atoms with Crippen LogP contribution in [0, 0.1) is 0 Å². The molecule has 1 fully saturated rings. The van der Waals surface area contributed by atoms with Gasteiger partial charge in [-0.15, -0.1) is 0 Å². The first kappa shape index (κ1) is 19.8. The third-order valence-corrected chi connectivity index (χ3v) is 5.17. The SMILES string of the molecule is CCCCCCCCOC(=O)C1CCN1C(C)c1ccc(OC)cc1. The first-order chi connectivity index (χ1) is 12.2. The summed E-state index contributed by atoms with van der Waals surface area (Å²) in [5.41, 5.74) is 1.20. The van der Waals surface area contributed by atoms with Gasteiger partial charge >= 0.3 is 5.97 Å². The van der Waals surface area contributed by atoms with Crippen LogP contribution in [0.3, 0.4) is 0 Å². The van der Waals surface area contributed by atoms with Gasteiger partial charge in [0.05, 0.1) is 13.7 Å². The average Bonchev–Trinajstić information content (AvgIpc) is 2.60. The Bertz CT molecular complexity index is 514. The molecule has 4 nitrogen and oxygen atoms in total. The fraction of sp³-hybridized carbons (Fsp3) is 0.667. The van der Waals surface area contributed by atoms with Crippen LogP contribution in [0.1, 0.15) is 70.4 Å². The van der Waals surface area contributed by atoms with Crippen LogP contribution < -0.4 is 4.74 Å². The van der Waals surface area contributed by atoms with E-state index in [0.29, 0.717) is 6.61 Å². The molecule has 1 saturated heterocycles. The maximum Gasteiger partial charge on any atom is 0.323 e. The highest BCUT2D eigenvalue weighted by Gasteiger charge is 2.38. The maximum atomic E-state index is 12.3. The normalized spacial score (nSPS) is 18.4. The average molecular weight is 347 g/mol. The standard InChI is InChI=1S/C21H33NO3/c1-4-5-6-7-8-9-16-25-21(23)20-14-15-22(20)17(2)18-10-12-19(24-3)13-11-18/h10-13,17,20H,4-9,14-16H2,1-3H3. The van der Waals surface area contributed by atoms with Gasteiger partial charge in [0.2, 0.25) is 0 Å². The Morgan fingerprint density at radius 3 is 2.44 bits per heavy atom. The maximum absolute atomic E-state index is 12.3. The van der Waals surface area contributed by atoms with Crippen molar-refractivity contribution >= 4 is 5.97 Å². The van der Waals surface area contributed by atoms with Gasteiger partial charge in [-0.05, 0) is 37.5 Å². The predicted octanol–water partition coefficient (Wildman–Crippen LogP) is 4.73. The smallest absolute Gasteiger partial charge is 0.323 e. The lowest BCUT2D eigenvalue weighted by Crippen LogP contribution is -2.53. The molecule has 140 valence electrons. The number of carbonyl (C=O) groups excluding carboxylic acids is 1. The molecule has 0 aliphatic carbocycles. The second-order valence-corrected chi connectivity index (χ2v) is 6.93. The Labute approximate surface area is 152 Å². The Morgan fingerprint density at radius 2 is 1.84 bits per heavy atom. The minimum absolute atomic E-state index is 0.0554. The lowest BCUT2D eigenvalue weighted by Gasteiger charge is -2.43. The highest BCUT2D eigenvalue weighted by Crippen LogP contribution is 2.31. The number of hydrogen-bond donors (Lipinski definition) is 0. The number of unbranched alkanes of at least 4 members (excludes halogenated alkanes) is 5. The molecule has 1 aromatic carbocycles. The molecule has 0 saturated carbocycles. The van der Waals surface area contributed by atoms with E-state index in [0.717, 1.165) is 31.6 Å². The van der Waals surface area contributed by atoms with Crippen molar-refractivity contribution in [2.75, 3.05) is 20.3 Å². The fourth-order valence-corrected chi connectivity index (χ4v) is 3.35. The van der Waals surface area contributed by atoms with E-state index < -0.39 is 0 Å². The van der Waals surface area contributed by atoms with Crippen LogP contribution in [0.25, 0.3) is 0 Å². The van der Waals surface area contributed by atoms with Crippen molar-refractivity contribution in [2.45, 2.75) is 70.9 Å². The molecule has 0 radical (unpaired) electrons. The zero-order chi connectivity index (χ0) is 18.1. The van der Waals surface area contributed by atoms with Crippen LogP contribution in [-0.2, 0) is 9.53 Å². The molecule has 1 aliphatic heterocycles. The van der Waals surface area contributed by atoms with Crippen LogP contribution in [0.4, 0.5) is 0 Å². The highest BCUT2D eigenvalue weighted by molar-refractivity contribution is 5.77. The molecule has 25 heavy (non-hydrogen) atoms. The van der Waals surface area contributed by atoms with Crippen molar-refractivity contribution < 1.29 is 14.3 Å². The number of ether oxygens (including phenoxy) is 2. The topological polar surface area (TPSA) is 38.8 Å². The van der Waals surface area contributed by atoms with E-state index in [1.165, 1.54) is 31.2 Å². The third kappa shape index (κ3) is 5.74. The van der Waals surface area contributed by atoms with Gasteiger partial charge in [0.15, 0.2) is 0 Å². The Hall–Kier alpha value is -1.55. The quantitative estimate of drug-likeness (QED) is 0.428. The molecule has 4 heteroatoms. The molecule has 0 amide bonds. The first-order valence-electron chi connectivity index (χ1n) is 9.73. The molecule has 0 aromatic heterocycles. The van der Waals surface area contributed by atoms with Crippen LogP contribution in [-0.4, -0.2) is 37.2 Å². The van der Waals surface area contributed by atoms with E-state index in [2.05, 4.69) is 30.9 Å². The molecule has 1 aromatic rings. The van der Waals surface area contributed by atoms with Crippen LogP contribution in [0.2, 0.25) is 0 Å². The number of likely N-dealkylation sites (tertiary alicyclic amines) is 1. The molecule has 2 rings (SSSR count). The summed E-state index contributed by atoms with van der Waals surface area (Å²) in [6, 6.07) is 8.21. The summed E-state index contributed by atoms with van der Waals surface area (Å²) in [6.07, 6.45) is 8.14. The monoisotopic (exact) mass is 347 g/mol. The summed E-state index contributed by atoms with van der Waals surface area (Å²) < 4.78 is 10.7. The first-order valence-corrected chi connectivity index (χ1v) is 9.73. The number of hydrogen-bond acceptors (Lipinski definition) is 4. The third-order valence-electron chi connectivity index (χ3n) is 5.17. The van der Waals surface area contributed by atoms with Gasteiger partial charge in [0.1, 0.15) is 11.8 Å². The van der Waals surface area contributed by atoms with Gasteiger partial charge in [-0.2, -0.15) is 0 Å². The van der Waals surface area contributed by atoms with E-state index >= 15 is 0 Å². The summed E-state index contributed by atoms with van der Waals surface area (Å²) in [4.78, 5) is 14.6. The van der Waals surface area contributed by atoms with Crippen molar-refractivity contribution in [2.24, 2.45) is 0 Å². The van der Waals surface area contributed by atoms with Crippen LogP contribution in [0.5, 0.6) is 5.75 Å². The van der Waals surface area contributed by atoms with Gasteiger partial charge in [-0.3, -0.25) is 9.69 Å². The number of benzene rings is 1. The zero-order valence-corrected chi connectivity index (χ0v) is 16.0. The second kappa shape index (κ2) is 10.4. The van der Waals surface area contributed by atoms with Crippen molar-refractivity contribution in [1.82, 2.24) is 4.90 Å². The predicted molar refractivity (Wildman–Crippen MR) is 101 cm³/mol. The molecule has 0 N–H and O–H groups in total. The van der Waals surface area contributed by atoms with E-state index in [4.69, 9.17) is 9.47 Å². The van der Waals surface area contributed by atoms with Crippen LogP contribution in [0.15, 0.2) is 24.3 Å². The van der Waals surface area contributed by atoms with Crippen molar-refractivity contribution in [3.05, 3.63) is 29.8 Å². The minimum atomic E-state index is -0.0859. The van der Waals surface area contributed by atoms with Gasteiger partial charge in [0.25, 0.3) is 0 Å². The number of esters is 1. The number of rotatable bonds is 11. The van der Waals surface area contributed by atoms with Crippen molar-refractivity contribution in [3.63, 3.8) is 0 Å². The lowest BCUT2D eigenvalue weighted by molar-refractivity contribution is -0.157. The molecule has 0 spiro atoms. The summed E-state index contributed by atoms with van der Waals surface area (Å²) in [6.45, 7) is 5.88. The molecule has 0 bridgehead atoms. The van der Waals surface area contributed by atoms with E-state index in [-0.39, 0.29) is 18.1 Å². The lowest BCUT2D eigenvalue weighted by atomic mass is 9.96. The minimum Gasteiger partial charge on any atom is -0.497 e. The van der Waals surface area contributed by atoms with Crippen molar-refractivity contribution in [3.8, 4) is 5.75 Å². The second-order valence-electron chi connectivity index (χ2n) is 6.93. The summed E-state index contributed by atoms with van der Waals surface area (Å²) in [7, 11) is 1.67. The Balaban J connectivity index is 1.72. The summed E-state index contributed by atoms with van der Waals surface area (Å²) in [5.74, 6) is 0.801. The van der Waals surface area contributed by atoms with Gasteiger partial charge in [0, 0.05) is 12.6 Å². The zero-order valence-electron chi connectivity index (χ0n) is 16.0. The van der Waals surface area contributed by atoms with E-state index in [1.54, 1.807) is 7.11 Å². The molecular formula is C21H33NO3. The van der Waals surface area contributed by atoms with Gasteiger partial charge in [-0.25, -0.2) is 0 Å². The fourth-order valence-electron chi connectivity index (χ4n) is 3.35. The van der Waals surface area contributed by atoms with E-state index in [1.807, 2.05) is 12.1 Å². The van der Waals surface area contributed by atoms with Gasteiger partial charge < -0.3 is 9.47 Å². The van der Waals surface area contributed by atoms with Crippen LogP contribution >= 0.6 is 0 Å². The molecule has 2 atom stereocenters. The largest absolute Gasteiger partial charge is 0.497 e. The number of nitrogens with zero attached hydrogens (tertiary/aromatic N) is 1. The van der Waals surface area contributed by atoms with E-state index in [9.17, 15) is 4.79 Å². The van der Waals surface area contributed by atoms with Crippen molar-refractivity contribution in [1.29, 1.82) is 0 Å². The number of carbonyl (C=O) groups is 1.